The highest BCUT2D eigenvalue weighted by Crippen LogP contribution is 2.20. The molecular weight excluding hydrogens is 268 g/mol. The first-order valence-electron chi connectivity index (χ1n) is 8.11. The van der Waals surface area contributed by atoms with E-state index in [4.69, 9.17) is 0 Å². The van der Waals surface area contributed by atoms with E-state index in [0.717, 1.165) is 0 Å². The molecular formula is C16H30N2O3. The molecule has 0 aromatic carbocycles. The summed E-state index contributed by atoms with van der Waals surface area (Å²) in [7, 11) is 0. The van der Waals surface area contributed by atoms with Gasteiger partial charge < -0.3 is 15.3 Å². The number of hydrogen-bond donors (Lipinski definition) is 2. The Morgan fingerprint density at radius 1 is 1.24 bits per heavy atom. The summed E-state index contributed by atoms with van der Waals surface area (Å²) in [5, 5.41) is 13.1. The second-order valence-corrected chi connectivity index (χ2v) is 6.40. The second-order valence-electron chi connectivity index (χ2n) is 6.40. The Bertz CT molecular complexity index is 357. The van der Waals surface area contributed by atoms with E-state index in [9.17, 15) is 14.7 Å². The Kier molecular flexibility index (Phi) is 6.65. The van der Waals surface area contributed by atoms with Crippen LogP contribution in [0, 0.1) is 11.8 Å². The molecule has 1 fully saturated rings. The van der Waals surface area contributed by atoms with E-state index in [1.54, 1.807) is 0 Å². The van der Waals surface area contributed by atoms with Gasteiger partial charge in [0.25, 0.3) is 0 Å². The standard InChI is InChI=1S/C16H30N2O3/c1-5-16(21,6-2)11-17-14(19)13-7-9-18(10-8-13)15(20)12(3)4/h12-13,21H,5-11H2,1-4H3,(H,17,19). The van der Waals surface area contributed by atoms with Crippen LogP contribution in [0.1, 0.15) is 53.4 Å². The van der Waals surface area contributed by atoms with Gasteiger partial charge in [-0.2, -0.15) is 0 Å². The summed E-state index contributed by atoms with van der Waals surface area (Å²) in [6.45, 7) is 9.26. The van der Waals surface area contributed by atoms with Crippen molar-refractivity contribution < 1.29 is 14.7 Å². The molecule has 5 heteroatoms. The quantitative estimate of drug-likeness (QED) is 0.781. The molecule has 0 aliphatic carbocycles. The minimum absolute atomic E-state index is 0.00645. The minimum atomic E-state index is -0.802. The zero-order valence-corrected chi connectivity index (χ0v) is 13.8. The van der Waals surface area contributed by atoms with Gasteiger partial charge in [0.15, 0.2) is 0 Å². The van der Waals surface area contributed by atoms with Crippen molar-refractivity contribution in [2.24, 2.45) is 11.8 Å². The van der Waals surface area contributed by atoms with Gasteiger partial charge in [0, 0.05) is 31.5 Å². The maximum Gasteiger partial charge on any atom is 0.225 e. The van der Waals surface area contributed by atoms with Gasteiger partial charge >= 0.3 is 0 Å². The van der Waals surface area contributed by atoms with Crippen LogP contribution >= 0.6 is 0 Å². The summed E-state index contributed by atoms with van der Waals surface area (Å²) >= 11 is 0. The molecule has 0 atom stereocenters. The van der Waals surface area contributed by atoms with Crippen LogP contribution in [0.3, 0.4) is 0 Å². The molecule has 0 aromatic rings. The highest BCUT2D eigenvalue weighted by atomic mass is 16.3. The molecule has 1 heterocycles. The summed E-state index contributed by atoms with van der Waals surface area (Å²) in [5.41, 5.74) is -0.802. The molecule has 0 bridgehead atoms. The summed E-state index contributed by atoms with van der Waals surface area (Å²) in [5.74, 6) is 0.144. The lowest BCUT2D eigenvalue weighted by molar-refractivity contribution is -0.138. The predicted molar refractivity (Wildman–Crippen MR) is 82.7 cm³/mol. The van der Waals surface area contributed by atoms with E-state index in [-0.39, 0.29) is 23.7 Å². The summed E-state index contributed by atoms with van der Waals surface area (Å²) in [4.78, 5) is 25.9. The average molecular weight is 298 g/mol. The first-order chi connectivity index (χ1) is 9.83. The van der Waals surface area contributed by atoms with Crippen LogP contribution in [-0.2, 0) is 9.59 Å². The van der Waals surface area contributed by atoms with Crippen molar-refractivity contribution in [3.8, 4) is 0 Å². The lowest BCUT2D eigenvalue weighted by Gasteiger charge is -2.33. The molecule has 0 saturated carbocycles. The van der Waals surface area contributed by atoms with Crippen molar-refractivity contribution in [2.45, 2.75) is 59.0 Å². The molecule has 1 saturated heterocycles. The number of hydrogen-bond acceptors (Lipinski definition) is 3. The first kappa shape index (κ1) is 18.0. The predicted octanol–water partition coefficient (Wildman–Crippen LogP) is 1.55. The van der Waals surface area contributed by atoms with Gasteiger partial charge in [0.05, 0.1) is 5.60 Å². The monoisotopic (exact) mass is 298 g/mol. The molecule has 0 spiro atoms. The summed E-state index contributed by atoms with van der Waals surface area (Å²) < 4.78 is 0. The van der Waals surface area contributed by atoms with E-state index in [2.05, 4.69) is 5.32 Å². The number of aliphatic hydroxyl groups is 1. The van der Waals surface area contributed by atoms with Crippen LogP contribution in [0.2, 0.25) is 0 Å². The van der Waals surface area contributed by atoms with Crippen molar-refractivity contribution in [1.29, 1.82) is 0 Å². The number of carbonyl (C=O) groups excluding carboxylic acids is 2. The lowest BCUT2D eigenvalue weighted by atomic mass is 9.93. The van der Waals surface area contributed by atoms with E-state index < -0.39 is 5.60 Å². The highest BCUT2D eigenvalue weighted by Gasteiger charge is 2.30. The van der Waals surface area contributed by atoms with Crippen molar-refractivity contribution >= 4 is 11.8 Å². The Morgan fingerprint density at radius 2 is 1.76 bits per heavy atom. The summed E-state index contributed by atoms with van der Waals surface area (Å²) in [6.07, 6.45) is 2.68. The minimum Gasteiger partial charge on any atom is -0.388 e. The zero-order chi connectivity index (χ0) is 16.0. The van der Waals surface area contributed by atoms with Gasteiger partial charge in [-0.25, -0.2) is 0 Å². The van der Waals surface area contributed by atoms with Gasteiger partial charge in [0.2, 0.25) is 11.8 Å². The van der Waals surface area contributed by atoms with Gasteiger partial charge in [-0.15, -0.1) is 0 Å². The molecule has 1 aliphatic heterocycles. The van der Waals surface area contributed by atoms with Crippen molar-refractivity contribution in [3.63, 3.8) is 0 Å². The molecule has 2 N–H and O–H groups in total. The van der Waals surface area contributed by atoms with Gasteiger partial charge in [-0.3, -0.25) is 9.59 Å². The highest BCUT2D eigenvalue weighted by molar-refractivity contribution is 5.80. The van der Waals surface area contributed by atoms with E-state index in [1.165, 1.54) is 0 Å². The zero-order valence-electron chi connectivity index (χ0n) is 13.8. The van der Waals surface area contributed by atoms with E-state index in [1.807, 2.05) is 32.6 Å². The molecule has 5 nitrogen and oxygen atoms in total. The summed E-state index contributed by atoms with van der Waals surface area (Å²) in [6, 6.07) is 0. The smallest absolute Gasteiger partial charge is 0.225 e. The Labute approximate surface area is 128 Å². The Hall–Kier alpha value is -1.10. The third-order valence-electron chi connectivity index (χ3n) is 4.58. The molecule has 0 unspecified atom stereocenters. The maximum atomic E-state index is 12.2. The fourth-order valence-electron chi connectivity index (χ4n) is 2.62. The van der Waals surface area contributed by atoms with Crippen LogP contribution in [-0.4, -0.2) is 47.1 Å². The number of amides is 2. The fourth-order valence-corrected chi connectivity index (χ4v) is 2.62. The lowest BCUT2D eigenvalue weighted by Crippen LogP contribution is -2.47. The topological polar surface area (TPSA) is 69.6 Å². The number of piperidine rings is 1. The first-order valence-corrected chi connectivity index (χ1v) is 8.11. The number of carbonyl (C=O) groups is 2. The Balaban J connectivity index is 2.40. The number of rotatable bonds is 6. The molecule has 1 rings (SSSR count). The van der Waals surface area contributed by atoms with Crippen molar-refractivity contribution in [3.05, 3.63) is 0 Å². The van der Waals surface area contributed by atoms with Crippen molar-refractivity contribution in [1.82, 2.24) is 10.2 Å². The third-order valence-corrected chi connectivity index (χ3v) is 4.58. The van der Waals surface area contributed by atoms with Crippen LogP contribution < -0.4 is 5.32 Å². The van der Waals surface area contributed by atoms with Crippen LogP contribution in [0.25, 0.3) is 0 Å². The van der Waals surface area contributed by atoms with Crippen LogP contribution in [0.4, 0.5) is 0 Å². The molecule has 0 radical (unpaired) electrons. The SMILES string of the molecule is CCC(O)(CC)CNC(=O)C1CCN(C(=O)C(C)C)CC1. The largest absolute Gasteiger partial charge is 0.388 e. The fraction of sp³-hybridized carbons (Fsp3) is 0.875. The number of nitrogens with zero attached hydrogens (tertiary/aromatic N) is 1. The van der Waals surface area contributed by atoms with E-state index >= 15 is 0 Å². The van der Waals surface area contributed by atoms with Crippen LogP contribution in [0.5, 0.6) is 0 Å². The normalized spacial score (nSPS) is 17.1. The molecule has 0 aromatic heterocycles. The van der Waals surface area contributed by atoms with Crippen molar-refractivity contribution in [2.75, 3.05) is 19.6 Å². The van der Waals surface area contributed by atoms with E-state index in [0.29, 0.717) is 45.3 Å². The number of nitrogens with one attached hydrogen (secondary N) is 1. The molecule has 1 aliphatic rings. The molecule has 21 heavy (non-hydrogen) atoms. The van der Waals surface area contributed by atoms with Gasteiger partial charge in [0.1, 0.15) is 0 Å². The van der Waals surface area contributed by atoms with Crippen LogP contribution in [0.15, 0.2) is 0 Å². The third kappa shape index (κ3) is 4.99. The number of likely N-dealkylation sites (tertiary alicyclic amines) is 1. The second kappa shape index (κ2) is 7.78. The maximum absolute atomic E-state index is 12.2. The Morgan fingerprint density at radius 3 is 2.19 bits per heavy atom. The molecule has 122 valence electrons. The average Bonchev–Trinajstić information content (AvgIpc) is 2.51. The van der Waals surface area contributed by atoms with Gasteiger partial charge in [-0.1, -0.05) is 27.7 Å². The molecule has 2 amide bonds. The van der Waals surface area contributed by atoms with Gasteiger partial charge in [-0.05, 0) is 25.7 Å².